The highest BCUT2D eigenvalue weighted by molar-refractivity contribution is 7.60. The van der Waals surface area contributed by atoms with Crippen LogP contribution in [0, 0.1) is 0 Å². The Morgan fingerprint density at radius 2 is 1.67 bits per heavy atom. The molecule has 256 valence electrons. The Balaban J connectivity index is 1.41. The Hall–Kier alpha value is -4.36. The Morgan fingerprint density at radius 3 is 2.29 bits per heavy atom. The topological polar surface area (TPSA) is 175 Å². The van der Waals surface area contributed by atoms with E-state index in [0.717, 1.165) is 19.3 Å². The minimum absolute atomic E-state index is 0.0224. The number of unbranched alkanes of at least 4 members (excludes halogenated alkanes) is 1. The number of anilines is 1. The minimum atomic E-state index is -4.54. The van der Waals surface area contributed by atoms with Crippen LogP contribution < -0.4 is 15.5 Å². The number of amides is 3. The fourth-order valence-corrected chi connectivity index (χ4v) is 6.14. The molecule has 0 saturated carbocycles. The first-order valence-corrected chi connectivity index (χ1v) is 17.6. The number of ether oxygens (including phenoxy) is 2. The van der Waals surface area contributed by atoms with Gasteiger partial charge in [-0.2, -0.15) is 0 Å². The molecule has 1 aromatic heterocycles. The maximum Gasteiger partial charge on any atom is 0.409 e. The molecule has 3 amide bonds. The molecule has 2 atom stereocenters. The van der Waals surface area contributed by atoms with Crippen molar-refractivity contribution in [2.24, 2.45) is 0 Å². The van der Waals surface area contributed by atoms with Crippen LogP contribution >= 0.6 is 7.60 Å². The van der Waals surface area contributed by atoms with Gasteiger partial charge in [0, 0.05) is 58.0 Å². The van der Waals surface area contributed by atoms with Crippen molar-refractivity contribution in [3.8, 4) is 11.4 Å². The number of piperazine rings is 1. The third-order valence-corrected chi connectivity index (χ3v) is 9.41. The number of hydrogen-bond acceptors (Lipinski definition) is 9. The summed E-state index contributed by atoms with van der Waals surface area (Å²) in [6, 6.07) is 14.9. The number of nitrogens with zero attached hydrogens (tertiary/aromatic N) is 5. The van der Waals surface area contributed by atoms with Crippen molar-refractivity contribution in [3.63, 3.8) is 0 Å². The predicted molar refractivity (Wildman–Crippen MR) is 178 cm³/mol. The van der Waals surface area contributed by atoms with Crippen molar-refractivity contribution in [2.75, 3.05) is 57.9 Å². The molecule has 0 bridgehead atoms. The van der Waals surface area contributed by atoms with Crippen LogP contribution in [0.3, 0.4) is 0 Å². The standard InChI is InChI=1S/C33H41N6O8P/c1-3-4-20-47-33(42)38-18-16-37(17-19-38)32(41)29(23-10-12-26(13-11-23)48(43,44)45)36-31(40)27-21-28(39-15-14-25(22-39)46-2)35-30(34-27)24-8-6-5-7-9-24/h5-13,21,25,29H,3-4,14-20,22H2,1-2H3,(H,36,40)(H2,43,44,45)/t25-,29?/m0/s1. The van der Waals surface area contributed by atoms with E-state index in [1.54, 1.807) is 23.0 Å². The molecule has 2 fully saturated rings. The van der Waals surface area contributed by atoms with Crippen molar-refractivity contribution in [1.82, 2.24) is 25.1 Å². The minimum Gasteiger partial charge on any atom is -0.449 e. The number of hydrogen-bond donors (Lipinski definition) is 3. The fourth-order valence-electron chi connectivity index (χ4n) is 5.60. The van der Waals surface area contributed by atoms with Crippen molar-refractivity contribution in [1.29, 1.82) is 0 Å². The van der Waals surface area contributed by atoms with Crippen LogP contribution in [0.2, 0.25) is 0 Å². The normalized spacial score (nSPS) is 17.2. The number of rotatable bonds is 11. The van der Waals surface area contributed by atoms with Gasteiger partial charge in [-0.05, 0) is 30.5 Å². The van der Waals surface area contributed by atoms with Crippen LogP contribution in [-0.4, -0.2) is 107 Å². The number of aromatic nitrogens is 2. The average Bonchev–Trinajstić information content (AvgIpc) is 3.60. The van der Waals surface area contributed by atoms with Crippen LogP contribution in [0.4, 0.5) is 10.6 Å². The first-order valence-electron chi connectivity index (χ1n) is 16.0. The lowest BCUT2D eigenvalue weighted by molar-refractivity contribution is -0.135. The summed E-state index contributed by atoms with van der Waals surface area (Å²) in [5, 5.41) is 2.61. The van der Waals surface area contributed by atoms with E-state index in [0.29, 0.717) is 42.5 Å². The van der Waals surface area contributed by atoms with E-state index >= 15 is 0 Å². The summed E-state index contributed by atoms with van der Waals surface area (Å²) in [6.07, 6.45) is 2.05. The lowest BCUT2D eigenvalue weighted by Crippen LogP contribution is -2.53. The van der Waals surface area contributed by atoms with Gasteiger partial charge in [-0.1, -0.05) is 55.8 Å². The molecule has 3 aromatic rings. The molecule has 48 heavy (non-hydrogen) atoms. The lowest BCUT2D eigenvalue weighted by atomic mass is 10.0. The zero-order valence-corrected chi connectivity index (χ0v) is 27.9. The van der Waals surface area contributed by atoms with Gasteiger partial charge in [0.1, 0.15) is 17.6 Å². The quantitative estimate of drug-likeness (QED) is 0.201. The Bertz CT molecular complexity index is 1630. The van der Waals surface area contributed by atoms with Gasteiger partial charge in [0.05, 0.1) is 18.0 Å². The van der Waals surface area contributed by atoms with Gasteiger partial charge in [-0.25, -0.2) is 14.8 Å². The summed E-state index contributed by atoms with van der Waals surface area (Å²) < 4.78 is 22.7. The molecule has 0 radical (unpaired) electrons. The highest BCUT2D eigenvalue weighted by Crippen LogP contribution is 2.33. The molecule has 0 spiro atoms. The summed E-state index contributed by atoms with van der Waals surface area (Å²) >= 11 is 0. The second kappa shape index (κ2) is 15.7. The van der Waals surface area contributed by atoms with E-state index in [9.17, 15) is 28.7 Å². The molecule has 0 aliphatic carbocycles. The highest BCUT2D eigenvalue weighted by Gasteiger charge is 2.33. The van der Waals surface area contributed by atoms with E-state index in [1.807, 2.05) is 42.2 Å². The van der Waals surface area contributed by atoms with Gasteiger partial charge < -0.3 is 39.3 Å². The van der Waals surface area contributed by atoms with E-state index in [2.05, 4.69) is 10.3 Å². The monoisotopic (exact) mass is 680 g/mol. The van der Waals surface area contributed by atoms with Crippen molar-refractivity contribution in [3.05, 3.63) is 71.9 Å². The summed E-state index contributed by atoms with van der Waals surface area (Å²) in [6.45, 7) is 4.52. The van der Waals surface area contributed by atoms with E-state index in [-0.39, 0.29) is 43.3 Å². The number of carbonyl (C=O) groups excluding carboxylic acids is 3. The second-order valence-corrected chi connectivity index (χ2v) is 13.3. The van der Waals surface area contributed by atoms with Crippen molar-refractivity contribution >= 4 is 36.6 Å². The zero-order valence-electron chi connectivity index (χ0n) is 27.0. The summed E-state index contributed by atoms with van der Waals surface area (Å²) in [5.41, 5.74) is 1.08. The van der Waals surface area contributed by atoms with Gasteiger partial charge in [0.25, 0.3) is 5.91 Å². The predicted octanol–water partition coefficient (Wildman–Crippen LogP) is 2.72. The molecule has 15 heteroatoms. The molecule has 3 N–H and O–H groups in total. The molecular weight excluding hydrogens is 639 g/mol. The summed E-state index contributed by atoms with van der Waals surface area (Å²) in [7, 11) is -2.88. The fraction of sp³-hybridized carbons (Fsp3) is 0.424. The molecule has 2 aliphatic rings. The van der Waals surface area contributed by atoms with Gasteiger partial charge in [-0.15, -0.1) is 0 Å². The third kappa shape index (κ3) is 8.56. The van der Waals surface area contributed by atoms with Crippen LogP contribution in [-0.2, 0) is 18.8 Å². The average molecular weight is 681 g/mol. The van der Waals surface area contributed by atoms with Gasteiger partial charge in [-0.3, -0.25) is 14.2 Å². The van der Waals surface area contributed by atoms with Crippen LogP contribution in [0.1, 0.15) is 48.3 Å². The maximum absolute atomic E-state index is 14.0. The second-order valence-electron chi connectivity index (χ2n) is 11.7. The summed E-state index contributed by atoms with van der Waals surface area (Å²) in [4.78, 5) is 74.2. The first-order chi connectivity index (χ1) is 23.1. The van der Waals surface area contributed by atoms with E-state index < -0.39 is 31.5 Å². The number of carbonyl (C=O) groups is 3. The van der Waals surface area contributed by atoms with Crippen molar-refractivity contribution < 1.29 is 38.2 Å². The first kappa shape index (κ1) is 35.0. The highest BCUT2D eigenvalue weighted by atomic mass is 31.2. The van der Waals surface area contributed by atoms with Crippen LogP contribution in [0.25, 0.3) is 11.4 Å². The third-order valence-electron chi connectivity index (χ3n) is 8.44. The number of nitrogens with one attached hydrogen (secondary N) is 1. The molecule has 5 rings (SSSR count). The van der Waals surface area contributed by atoms with Crippen LogP contribution in [0.15, 0.2) is 60.7 Å². The summed E-state index contributed by atoms with van der Waals surface area (Å²) in [5.74, 6) is -0.181. The maximum atomic E-state index is 14.0. The Morgan fingerprint density at radius 1 is 0.979 bits per heavy atom. The number of methoxy groups -OCH3 is 1. The lowest BCUT2D eigenvalue weighted by Gasteiger charge is -2.36. The molecule has 2 aliphatic heterocycles. The SMILES string of the molecule is CCCCOC(=O)N1CCN(C(=O)C(NC(=O)c2cc(N3CC[C@H](OC)C3)nc(-c3ccccc3)n2)c2ccc(P(=O)(O)O)cc2)CC1. The molecule has 3 heterocycles. The molecule has 1 unspecified atom stereocenters. The van der Waals surface area contributed by atoms with Crippen LogP contribution in [0.5, 0.6) is 0 Å². The molecule has 2 saturated heterocycles. The molecule has 2 aromatic carbocycles. The molecule has 14 nitrogen and oxygen atoms in total. The smallest absolute Gasteiger partial charge is 0.409 e. The Labute approximate surface area is 279 Å². The van der Waals surface area contributed by atoms with E-state index in [1.165, 1.54) is 24.3 Å². The largest absolute Gasteiger partial charge is 0.449 e. The van der Waals surface area contributed by atoms with E-state index in [4.69, 9.17) is 14.5 Å². The van der Waals surface area contributed by atoms with Gasteiger partial charge >= 0.3 is 13.7 Å². The van der Waals surface area contributed by atoms with Gasteiger partial charge in [0.15, 0.2) is 5.82 Å². The molecular formula is C33H41N6O8P. The van der Waals surface area contributed by atoms with Gasteiger partial charge in [0.2, 0.25) is 5.91 Å². The Kier molecular flexibility index (Phi) is 11.4. The zero-order chi connectivity index (χ0) is 34.3. The number of benzene rings is 2. The van der Waals surface area contributed by atoms with Crippen molar-refractivity contribution in [2.45, 2.75) is 38.3 Å².